The number of nitrogens with zero attached hydrogens (tertiary/aromatic N) is 1. The summed E-state index contributed by atoms with van der Waals surface area (Å²) >= 11 is 0. The molecule has 4 rings (SSSR count). The largest absolute Gasteiger partial charge is 0.492 e. The average Bonchev–Trinajstić information content (AvgIpc) is 2.97. The Morgan fingerprint density at radius 2 is 1.84 bits per heavy atom. The fraction of sp³-hybridized carbons (Fsp3) is 0.429. The Balaban J connectivity index is 1.48. The van der Waals surface area contributed by atoms with E-state index in [0.29, 0.717) is 24.2 Å². The zero-order valence-electron chi connectivity index (χ0n) is 16.8. The van der Waals surface area contributed by atoms with Crippen molar-refractivity contribution in [2.24, 2.45) is 11.8 Å². The summed E-state index contributed by atoms with van der Waals surface area (Å²) < 4.78 is 29.0. The Morgan fingerprint density at radius 1 is 1.13 bits per heavy atom. The number of nitrogens with one attached hydrogen (secondary N) is 1. The maximum absolute atomic E-state index is 13.1. The molecule has 2 saturated heterocycles. The number of carbonyl (C=O) groups is 2. The third-order valence-electron chi connectivity index (χ3n) is 5.82. The molecule has 0 saturated carbocycles. The molecular weight excluding hydrogens is 424 g/mol. The van der Waals surface area contributed by atoms with Gasteiger partial charge in [-0.05, 0) is 36.6 Å². The highest BCUT2D eigenvalue weighted by Crippen LogP contribution is 2.39. The minimum Gasteiger partial charge on any atom is -0.492 e. The van der Waals surface area contributed by atoms with Gasteiger partial charge in [0.15, 0.2) is 9.84 Å². The van der Waals surface area contributed by atoms with Crippen LogP contribution in [-0.4, -0.2) is 60.1 Å². The summed E-state index contributed by atoms with van der Waals surface area (Å²) in [6, 6.07) is 5.49. The number of hydrogen-bond acceptors (Lipinski definition) is 8. The van der Waals surface area contributed by atoms with E-state index in [2.05, 4.69) is 5.32 Å². The third-order valence-corrected chi connectivity index (χ3v) is 6.95. The summed E-state index contributed by atoms with van der Waals surface area (Å²) in [4.78, 5) is 27.4. The standard InChI is InChI=1S/C21H24N2O7S/c1-31(28,29)13-7-5-12(6-8-13)11-30-16-4-2-3-14-18(16)21(27)23(20(14)26)15-9-10-17(24)22-19(15)25/h2-8,14-15,17-19,22,24-25H,9-11H2,1H3. The number of likely N-dealkylation sites (tertiary alicyclic amines) is 1. The van der Waals surface area contributed by atoms with Gasteiger partial charge in [-0.3, -0.25) is 19.8 Å². The second-order valence-electron chi connectivity index (χ2n) is 7.98. The smallest absolute Gasteiger partial charge is 0.241 e. The van der Waals surface area contributed by atoms with Crippen LogP contribution >= 0.6 is 0 Å². The van der Waals surface area contributed by atoms with Gasteiger partial charge in [0.25, 0.3) is 0 Å². The lowest BCUT2D eigenvalue weighted by atomic mass is 9.89. The minimum absolute atomic E-state index is 0.105. The SMILES string of the molecule is CS(=O)(=O)c1ccc(COC2=CC=CC3C(=O)N(C4CCC(O)NC4O)C(=O)C23)cc1. The summed E-state index contributed by atoms with van der Waals surface area (Å²) in [5.74, 6) is -2.02. The van der Waals surface area contributed by atoms with Crippen LogP contribution in [0.5, 0.6) is 0 Å². The first kappa shape index (κ1) is 21.7. The van der Waals surface area contributed by atoms with E-state index in [4.69, 9.17) is 4.74 Å². The number of aliphatic hydroxyl groups is 2. The predicted molar refractivity (Wildman–Crippen MR) is 109 cm³/mol. The van der Waals surface area contributed by atoms with Crippen LogP contribution in [0.3, 0.4) is 0 Å². The van der Waals surface area contributed by atoms with Crippen molar-refractivity contribution in [2.75, 3.05) is 6.26 Å². The number of allylic oxidation sites excluding steroid dienone is 2. The lowest BCUT2D eigenvalue weighted by Gasteiger charge is -2.36. The highest BCUT2D eigenvalue weighted by molar-refractivity contribution is 7.90. The Kier molecular flexibility index (Phi) is 5.73. The number of hydrogen-bond donors (Lipinski definition) is 3. The van der Waals surface area contributed by atoms with Crippen LogP contribution in [-0.2, 0) is 30.8 Å². The molecule has 0 spiro atoms. The van der Waals surface area contributed by atoms with Gasteiger partial charge in [0.2, 0.25) is 11.8 Å². The van der Waals surface area contributed by atoms with E-state index in [1.54, 1.807) is 30.4 Å². The second kappa shape index (κ2) is 8.19. The molecule has 0 radical (unpaired) electrons. The Bertz CT molecular complexity index is 1050. The van der Waals surface area contributed by atoms with E-state index >= 15 is 0 Å². The van der Waals surface area contributed by atoms with Gasteiger partial charge in [0.1, 0.15) is 30.7 Å². The van der Waals surface area contributed by atoms with Crippen molar-refractivity contribution in [3.05, 3.63) is 53.8 Å². The number of benzene rings is 1. The maximum Gasteiger partial charge on any atom is 0.241 e. The molecule has 2 amide bonds. The number of carbonyl (C=O) groups excluding carboxylic acids is 2. The quantitative estimate of drug-likeness (QED) is 0.538. The van der Waals surface area contributed by atoms with E-state index in [-0.39, 0.29) is 11.5 Å². The number of imide groups is 1. The number of piperidine rings is 1. The van der Waals surface area contributed by atoms with Crippen LogP contribution in [0.15, 0.2) is 53.1 Å². The number of ether oxygens (including phenoxy) is 1. The first-order valence-electron chi connectivity index (χ1n) is 9.96. The van der Waals surface area contributed by atoms with E-state index in [1.165, 1.54) is 12.1 Å². The first-order chi connectivity index (χ1) is 14.7. The number of sulfone groups is 1. The lowest BCUT2D eigenvalue weighted by molar-refractivity contribution is -0.149. The van der Waals surface area contributed by atoms with Gasteiger partial charge < -0.3 is 14.9 Å². The average molecular weight is 448 g/mol. The molecule has 9 nitrogen and oxygen atoms in total. The molecule has 31 heavy (non-hydrogen) atoms. The number of amides is 2. The van der Waals surface area contributed by atoms with Crippen molar-refractivity contribution < 1.29 is 33.0 Å². The molecule has 10 heteroatoms. The number of fused-ring (bicyclic) bond motifs is 1. The normalized spacial score (nSPS) is 30.9. The maximum atomic E-state index is 13.1. The second-order valence-corrected chi connectivity index (χ2v) is 10.00. The summed E-state index contributed by atoms with van der Waals surface area (Å²) in [6.07, 6.45) is 4.60. The van der Waals surface area contributed by atoms with Gasteiger partial charge in [0.05, 0.1) is 16.9 Å². The van der Waals surface area contributed by atoms with Crippen LogP contribution in [0.2, 0.25) is 0 Å². The van der Waals surface area contributed by atoms with Crippen molar-refractivity contribution in [2.45, 2.75) is 42.8 Å². The topological polar surface area (TPSA) is 133 Å². The molecule has 1 aromatic carbocycles. The fourth-order valence-corrected chi connectivity index (χ4v) is 4.82. The van der Waals surface area contributed by atoms with Gasteiger partial charge >= 0.3 is 0 Å². The van der Waals surface area contributed by atoms with E-state index < -0.39 is 52.0 Å². The van der Waals surface area contributed by atoms with E-state index in [1.807, 2.05) is 0 Å². The fourth-order valence-electron chi connectivity index (χ4n) is 4.19. The highest BCUT2D eigenvalue weighted by Gasteiger charge is 2.53. The summed E-state index contributed by atoms with van der Waals surface area (Å²) in [6.45, 7) is 0.105. The van der Waals surface area contributed by atoms with Crippen molar-refractivity contribution in [1.29, 1.82) is 0 Å². The van der Waals surface area contributed by atoms with Crippen LogP contribution in [0.4, 0.5) is 0 Å². The summed E-state index contributed by atoms with van der Waals surface area (Å²) in [7, 11) is -3.30. The van der Waals surface area contributed by atoms with Crippen LogP contribution in [0.25, 0.3) is 0 Å². The molecule has 2 fully saturated rings. The van der Waals surface area contributed by atoms with Gasteiger partial charge in [-0.1, -0.05) is 24.3 Å². The molecule has 1 aliphatic carbocycles. The zero-order valence-corrected chi connectivity index (χ0v) is 17.7. The molecule has 166 valence electrons. The lowest BCUT2D eigenvalue weighted by Crippen LogP contribution is -2.58. The molecule has 3 N–H and O–H groups in total. The van der Waals surface area contributed by atoms with Gasteiger partial charge in [0, 0.05) is 6.26 Å². The number of rotatable bonds is 5. The van der Waals surface area contributed by atoms with Gasteiger partial charge in [-0.25, -0.2) is 8.42 Å². The molecule has 2 heterocycles. The molecular formula is C21H24N2O7S. The van der Waals surface area contributed by atoms with Crippen LogP contribution in [0, 0.1) is 11.8 Å². The van der Waals surface area contributed by atoms with E-state index in [0.717, 1.165) is 11.2 Å². The van der Waals surface area contributed by atoms with Crippen LogP contribution in [0.1, 0.15) is 18.4 Å². The molecule has 5 atom stereocenters. The van der Waals surface area contributed by atoms with Gasteiger partial charge in [-0.15, -0.1) is 0 Å². The Morgan fingerprint density at radius 3 is 2.48 bits per heavy atom. The van der Waals surface area contributed by atoms with Crippen molar-refractivity contribution >= 4 is 21.7 Å². The minimum atomic E-state index is -3.30. The van der Waals surface area contributed by atoms with Crippen LogP contribution < -0.4 is 5.32 Å². The van der Waals surface area contributed by atoms with Gasteiger partial charge in [-0.2, -0.15) is 0 Å². The molecule has 2 aliphatic heterocycles. The molecule has 5 unspecified atom stereocenters. The third kappa shape index (κ3) is 4.16. The Hall–Kier alpha value is -2.53. The highest BCUT2D eigenvalue weighted by atomic mass is 32.2. The number of aliphatic hydroxyl groups excluding tert-OH is 2. The molecule has 3 aliphatic rings. The Labute approximate surface area is 179 Å². The van der Waals surface area contributed by atoms with Crippen molar-refractivity contribution in [3.8, 4) is 0 Å². The predicted octanol–water partition coefficient (Wildman–Crippen LogP) is 0.0504. The molecule has 0 bridgehead atoms. The van der Waals surface area contributed by atoms with E-state index in [9.17, 15) is 28.2 Å². The first-order valence-corrected chi connectivity index (χ1v) is 11.9. The summed E-state index contributed by atoms with van der Waals surface area (Å²) in [5, 5.41) is 22.4. The van der Waals surface area contributed by atoms with Crippen molar-refractivity contribution in [3.63, 3.8) is 0 Å². The molecule has 1 aromatic rings. The van der Waals surface area contributed by atoms with Crippen molar-refractivity contribution in [1.82, 2.24) is 10.2 Å². The molecule has 0 aromatic heterocycles. The monoisotopic (exact) mass is 448 g/mol. The zero-order chi connectivity index (χ0) is 22.3. The summed E-state index contributed by atoms with van der Waals surface area (Å²) in [5.41, 5.74) is 0.717.